The first-order chi connectivity index (χ1) is 67.9. The molecule has 0 spiro atoms. The van der Waals surface area contributed by atoms with Crippen molar-refractivity contribution >= 4 is 5.97 Å². The van der Waals surface area contributed by atoms with Crippen molar-refractivity contribution in [2.75, 3.05) is 56.9 Å². The zero-order valence-corrected chi connectivity index (χ0v) is 89.0. The first kappa shape index (κ1) is 121. The quantitative estimate of drug-likeness (QED) is 0.0314. The Kier molecular flexibility index (Phi) is 59.2. The highest BCUT2D eigenvalue weighted by Gasteiger charge is 2.66. The normalized spacial score (nSPS) is 30.0. The Balaban J connectivity index is 0.000000333. The topological polar surface area (TPSA) is 188 Å². The first-order valence-electron chi connectivity index (χ1n) is 53.5. The van der Waals surface area contributed by atoms with Gasteiger partial charge in [0.05, 0.1) is 0 Å². The lowest BCUT2D eigenvalue weighted by Gasteiger charge is -2.42. The summed E-state index contributed by atoms with van der Waals surface area (Å²) in [5.41, 5.74) is 11.9. The number of carbonyl (C=O) groups is 1. The Bertz CT molecular complexity index is 4340. The van der Waals surface area contributed by atoms with E-state index in [9.17, 15) is 4.79 Å². The molecule has 10 heteroatoms. The van der Waals surface area contributed by atoms with Gasteiger partial charge in [-0.1, -0.05) is 414 Å². The molecule has 756 valence electrons. The second-order valence-electron chi connectivity index (χ2n) is 36.2. The molecule has 0 amide bonds. The molecule has 8 aromatic rings. The molecule has 10 nitrogen and oxygen atoms in total. The number of aliphatic hydroxyl groups is 8. The highest BCUT2D eigenvalue weighted by Crippen LogP contribution is 2.74. The summed E-state index contributed by atoms with van der Waals surface area (Å²) in [4.78, 5) is 12.3. The summed E-state index contributed by atoms with van der Waals surface area (Å²) in [6.45, 7) is 32.4. The van der Waals surface area contributed by atoms with Crippen LogP contribution in [0.25, 0.3) is 0 Å². The molecule has 137 heavy (non-hydrogen) atoms. The molecule has 8 N–H and O–H groups in total. The zero-order chi connectivity index (χ0) is 102. The summed E-state index contributed by atoms with van der Waals surface area (Å²) < 4.78 is 5.52. The van der Waals surface area contributed by atoms with Gasteiger partial charge in [0.25, 0.3) is 0 Å². The lowest BCUT2D eigenvalue weighted by molar-refractivity contribution is -0.146. The number of esters is 1. The Morgan fingerprint density at radius 1 is 0.292 bits per heavy atom. The maximum Gasteiger partial charge on any atom is 0.306 e. The standard InChI is InChI=1S/C24H24.C21H24O2.C20H20.C19H22.C19H18.8C2H6.8CH4O/c1-3-7-15(8-4-1)21-19-14-20(22(21)16-9-5-2-6-10-16)24-18-12-11-17(13-18)23(19)24;22-19(23-12-13-4-2-1-3-5-13)11-16-9-17-10-18(16)21-15-7-6-14(8-15)20(17)21;1-3-7-16(8-4-1)20(17-9-5-2-6-10-17)19-14-15-11-12-18(19)13-15;1-2-4-12(5-3-1)8-15-10-16-11-17(15)19-14-7-6-13(9-14)18(16)19;1-3-7-16(8-4-1)19(17-9-5-2-6-10-17)14-15-11-12-18(19)13-15;16*1-2/h1-12,17-24H,13-14H2;1-7,14-18,20-21H,8-12H2;1-12,15,18-20H,13-14H2;1-7,13-19H,8-11H2;1-12,15,18H,13-14H2;8*1-2H3;8*2H,1H3. The molecule has 27 unspecified atom stereocenters. The third kappa shape index (κ3) is 28.8. The van der Waals surface area contributed by atoms with Gasteiger partial charge in [-0.3, -0.25) is 4.79 Å². The largest absolute Gasteiger partial charge is 0.461 e. The fourth-order valence-electron chi connectivity index (χ4n) is 28.4. The Hall–Kier alpha value is -8.39. The first-order valence-corrected chi connectivity index (χ1v) is 53.5. The number of allylic oxidation sites excluding steroid dienone is 10. The molecule has 24 rings (SSSR count). The maximum absolute atomic E-state index is 12.3. The van der Waals surface area contributed by atoms with E-state index in [-0.39, 0.29) is 11.4 Å². The molecule has 0 aromatic heterocycles. The van der Waals surface area contributed by atoms with Crippen LogP contribution in [0.2, 0.25) is 0 Å². The molecule has 0 radical (unpaired) electrons. The summed E-state index contributed by atoms with van der Waals surface area (Å²) >= 11 is 0. The van der Waals surface area contributed by atoms with Crippen molar-refractivity contribution in [2.24, 2.45) is 148 Å². The lowest BCUT2D eigenvalue weighted by Crippen LogP contribution is -2.34. The van der Waals surface area contributed by atoms with Gasteiger partial charge in [-0.15, -0.1) is 0 Å². The van der Waals surface area contributed by atoms with Crippen molar-refractivity contribution in [2.45, 2.75) is 230 Å². The fraction of sp³-hybridized carbons (Fsp3) is 0.535. The number of benzene rings is 8. The molecule has 0 aliphatic heterocycles. The Labute approximate surface area is 834 Å². The minimum absolute atomic E-state index is 0.00153. The molecule has 0 heterocycles. The third-order valence-electron chi connectivity index (χ3n) is 31.7. The van der Waals surface area contributed by atoms with E-state index in [2.05, 4.69) is 273 Å². The Morgan fingerprint density at radius 3 is 0.949 bits per heavy atom. The Morgan fingerprint density at radius 2 is 0.606 bits per heavy atom. The van der Waals surface area contributed by atoms with Gasteiger partial charge in [-0.25, -0.2) is 0 Å². The van der Waals surface area contributed by atoms with Gasteiger partial charge in [0.15, 0.2) is 0 Å². The number of rotatable bonds is 13. The van der Waals surface area contributed by atoms with Crippen LogP contribution in [-0.4, -0.2) is 104 Å². The molecule has 16 aliphatic carbocycles. The average Bonchev–Trinajstić information content (AvgIpc) is 1.51. The lowest BCUT2D eigenvalue weighted by atomic mass is 9.61. The molecule has 8 aromatic carbocycles. The van der Waals surface area contributed by atoms with E-state index in [0.717, 1.165) is 210 Å². The summed E-state index contributed by atoms with van der Waals surface area (Å²) in [7, 11) is 8.00. The van der Waals surface area contributed by atoms with Gasteiger partial charge in [0, 0.05) is 74.6 Å². The summed E-state index contributed by atoms with van der Waals surface area (Å²) in [5, 5.41) is 56.0. The number of ether oxygens (including phenoxy) is 1. The molecule has 0 saturated heterocycles. The highest BCUT2D eigenvalue weighted by atomic mass is 16.5. The van der Waals surface area contributed by atoms with Crippen LogP contribution in [0.1, 0.15) is 257 Å². The van der Waals surface area contributed by atoms with E-state index >= 15 is 0 Å². The third-order valence-corrected chi connectivity index (χ3v) is 31.7. The molecular formula is C127H188O10. The molecule has 11 saturated carbocycles. The van der Waals surface area contributed by atoms with Crippen LogP contribution in [0.3, 0.4) is 0 Å². The predicted octanol–water partition coefficient (Wildman–Crippen LogP) is 28.9. The smallest absolute Gasteiger partial charge is 0.306 e. The van der Waals surface area contributed by atoms with Crippen molar-refractivity contribution < 1.29 is 50.4 Å². The number of hydrogen-bond donors (Lipinski definition) is 8. The number of aliphatic hydroxyl groups excluding tert-OH is 8. The second-order valence-corrected chi connectivity index (χ2v) is 36.2. The molecular weight excluding hydrogens is 1690 g/mol. The van der Waals surface area contributed by atoms with Crippen molar-refractivity contribution in [3.8, 4) is 0 Å². The van der Waals surface area contributed by atoms with Gasteiger partial charge in [0.2, 0.25) is 0 Å². The summed E-state index contributed by atoms with van der Waals surface area (Å²) in [5.74, 6) is 24.3. The van der Waals surface area contributed by atoms with Gasteiger partial charge >= 0.3 is 5.97 Å². The van der Waals surface area contributed by atoms with E-state index in [1.807, 2.05) is 141 Å². The number of carbonyl (C=O) groups excluding carboxylic acids is 1. The van der Waals surface area contributed by atoms with Crippen molar-refractivity contribution in [1.29, 1.82) is 0 Å². The van der Waals surface area contributed by atoms with E-state index < -0.39 is 0 Å². The van der Waals surface area contributed by atoms with Crippen LogP contribution in [0.5, 0.6) is 0 Å². The van der Waals surface area contributed by atoms with Crippen molar-refractivity contribution in [3.63, 3.8) is 0 Å². The average molecular weight is 1870 g/mol. The monoisotopic (exact) mass is 1870 g/mol. The van der Waals surface area contributed by atoms with Crippen LogP contribution in [0.15, 0.2) is 303 Å². The minimum atomic E-state index is 0.00153. The van der Waals surface area contributed by atoms with Crippen molar-refractivity contribution in [3.05, 3.63) is 348 Å². The SMILES string of the molecule is C1=CC2CC1C1C3CC(C(c4ccccc4)C3c3ccccc3)C21.C1=CC2CC1C1C3CC(Cc4ccccc4)C(C3)C21.C1=CC2CC1CC2(c1ccccc1)c1ccccc1.C1=CC2CC1CC2C(c1ccccc1)c1ccccc1.CC.CC.CC.CC.CC.CC.CC.CC.CO.CO.CO.CO.CO.CO.CO.CO.O=C(CC1CC2CC1C1C3C=CC(C3)C21)OCc1ccccc1. The molecule has 16 aliphatic rings. The van der Waals surface area contributed by atoms with Gasteiger partial charge in [-0.2, -0.15) is 0 Å². The summed E-state index contributed by atoms with van der Waals surface area (Å²) in [6.07, 6.45) is 43.8. The number of fused-ring (bicyclic) bond motifs is 31. The van der Waals surface area contributed by atoms with Crippen LogP contribution >= 0.6 is 0 Å². The van der Waals surface area contributed by atoms with Crippen LogP contribution < -0.4 is 0 Å². The van der Waals surface area contributed by atoms with Gasteiger partial charge in [0.1, 0.15) is 6.61 Å². The number of hydrogen-bond acceptors (Lipinski definition) is 10. The molecule has 11 fully saturated rings. The van der Waals surface area contributed by atoms with Gasteiger partial charge < -0.3 is 45.6 Å². The van der Waals surface area contributed by atoms with E-state index in [1.54, 1.807) is 23.1 Å². The second kappa shape index (κ2) is 67.1. The highest BCUT2D eigenvalue weighted by molar-refractivity contribution is 5.70. The van der Waals surface area contributed by atoms with Crippen LogP contribution in [0.4, 0.5) is 0 Å². The van der Waals surface area contributed by atoms with Crippen molar-refractivity contribution in [1.82, 2.24) is 0 Å². The van der Waals surface area contributed by atoms with Gasteiger partial charge in [-0.05, 0) is 288 Å². The van der Waals surface area contributed by atoms with Crippen LogP contribution in [-0.2, 0) is 28.0 Å². The molecule has 16 bridgehead atoms. The maximum atomic E-state index is 12.3. The fourth-order valence-corrected chi connectivity index (χ4v) is 28.4. The minimum Gasteiger partial charge on any atom is -0.461 e. The van der Waals surface area contributed by atoms with E-state index in [0.29, 0.717) is 30.8 Å². The zero-order valence-electron chi connectivity index (χ0n) is 89.0. The van der Waals surface area contributed by atoms with E-state index in [4.69, 9.17) is 45.6 Å². The summed E-state index contributed by atoms with van der Waals surface area (Å²) in [6, 6.07) is 88.3. The molecule has 27 atom stereocenters. The predicted molar refractivity (Wildman–Crippen MR) is 582 cm³/mol. The van der Waals surface area contributed by atoms with E-state index in [1.165, 1.54) is 99.3 Å². The van der Waals surface area contributed by atoms with Crippen LogP contribution in [0, 0.1) is 148 Å².